The van der Waals surface area contributed by atoms with E-state index < -0.39 is 23.1 Å². The number of halogens is 3. The Balaban J connectivity index is 3.34. The van der Waals surface area contributed by atoms with Crippen LogP contribution in [0.25, 0.3) is 0 Å². The van der Waals surface area contributed by atoms with Crippen LogP contribution < -0.4 is 5.73 Å². The van der Waals surface area contributed by atoms with Crippen molar-refractivity contribution in [2.75, 3.05) is 5.73 Å². The lowest BCUT2D eigenvalue weighted by atomic mass is 10.3. The fraction of sp³-hybridized carbons (Fsp3) is 0. The number of rotatable bonds is 0. The molecule has 0 fully saturated rings. The number of benzene rings is 1. The Morgan fingerprint density at radius 1 is 1.00 bits per heavy atom. The van der Waals surface area contributed by atoms with E-state index >= 15 is 0 Å². The zero-order valence-electron chi connectivity index (χ0n) is 4.87. The first-order valence-electron chi connectivity index (χ1n) is 2.52. The molecule has 0 aliphatic rings. The minimum atomic E-state index is -1.33. The number of nitrogens with two attached hydrogens (primary N) is 1. The second-order valence-corrected chi connectivity index (χ2v) is 1.76. The van der Waals surface area contributed by atoms with E-state index in [1.165, 1.54) is 0 Å². The lowest BCUT2D eigenvalue weighted by Gasteiger charge is -1.97. The molecule has 1 aromatic carbocycles. The molecule has 0 heterocycles. The van der Waals surface area contributed by atoms with Gasteiger partial charge in [0.1, 0.15) is 11.5 Å². The second kappa shape index (κ2) is 2.21. The summed E-state index contributed by atoms with van der Waals surface area (Å²) in [6.07, 6.45) is 0. The molecule has 0 aromatic heterocycles. The quantitative estimate of drug-likeness (QED) is 0.438. The molecule has 0 bridgehead atoms. The maximum atomic E-state index is 12.3. The van der Waals surface area contributed by atoms with Gasteiger partial charge in [-0.2, -0.15) is 0 Å². The third-order valence-electron chi connectivity index (χ3n) is 1.08. The maximum Gasteiger partial charge on any atom is 0.184 e. The lowest BCUT2D eigenvalue weighted by Crippen LogP contribution is -1.97. The summed E-state index contributed by atoms with van der Waals surface area (Å²) in [5, 5.41) is 0. The van der Waals surface area contributed by atoms with Gasteiger partial charge in [-0.1, -0.05) is 0 Å². The van der Waals surface area contributed by atoms with Crippen LogP contribution in [0.1, 0.15) is 0 Å². The lowest BCUT2D eigenvalue weighted by molar-refractivity contribution is 0.500. The van der Waals surface area contributed by atoms with Crippen molar-refractivity contribution in [3.63, 3.8) is 0 Å². The van der Waals surface area contributed by atoms with Gasteiger partial charge in [-0.15, -0.1) is 0 Å². The van der Waals surface area contributed by atoms with Crippen molar-refractivity contribution in [3.05, 3.63) is 29.6 Å². The minimum absolute atomic E-state index is 0.682. The van der Waals surface area contributed by atoms with Crippen molar-refractivity contribution < 1.29 is 13.2 Å². The van der Waals surface area contributed by atoms with Crippen molar-refractivity contribution in [2.24, 2.45) is 0 Å². The van der Waals surface area contributed by atoms with Crippen LogP contribution in [0.2, 0.25) is 0 Å². The van der Waals surface area contributed by atoms with Gasteiger partial charge >= 0.3 is 0 Å². The predicted octanol–water partition coefficient (Wildman–Crippen LogP) is 1.69. The summed E-state index contributed by atoms with van der Waals surface area (Å²) in [4.78, 5) is 0. The monoisotopic (exact) mass is 147 g/mol. The van der Waals surface area contributed by atoms with Crippen molar-refractivity contribution in [1.82, 2.24) is 0 Å². The molecule has 0 aliphatic heterocycles. The van der Waals surface area contributed by atoms with Crippen LogP contribution >= 0.6 is 0 Å². The molecule has 0 unspecified atom stereocenters. The van der Waals surface area contributed by atoms with E-state index in [4.69, 9.17) is 5.73 Å². The molecule has 0 saturated carbocycles. The fourth-order valence-corrected chi connectivity index (χ4v) is 0.543. The molecule has 0 radical (unpaired) electrons. The standard InChI is InChI=1S/C6H4F3N/c7-3-1-2-4(8)6(10)5(3)9/h1-2H,10H2. The largest absolute Gasteiger partial charge is 0.394 e. The molecular formula is C6H4F3N. The van der Waals surface area contributed by atoms with Gasteiger partial charge in [0, 0.05) is 0 Å². The van der Waals surface area contributed by atoms with Crippen LogP contribution in [0.5, 0.6) is 0 Å². The van der Waals surface area contributed by atoms with Gasteiger partial charge in [0.25, 0.3) is 0 Å². The highest BCUT2D eigenvalue weighted by atomic mass is 19.2. The molecule has 0 aliphatic carbocycles. The van der Waals surface area contributed by atoms with Gasteiger partial charge in [-0.3, -0.25) is 0 Å². The van der Waals surface area contributed by atoms with E-state index in [0.717, 1.165) is 6.07 Å². The Hall–Kier alpha value is -1.19. The van der Waals surface area contributed by atoms with E-state index in [1.54, 1.807) is 0 Å². The Bertz CT molecular complexity index is 232. The Kier molecular flexibility index (Phi) is 1.53. The fourth-order valence-electron chi connectivity index (χ4n) is 0.543. The molecule has 0 amide bonds. The average molecular weight is 147 g/mol. The molecule has 1 aromatic rings. The molecule has 4 heteroatoms. The molecule has 54 valence electrons. The molecule has 0 spiro atoms. The van der Waals surface area contributed by atoms with Gasteiger partial charge in [-0.05, 0) is 12.1 Å². The normalized spacial score (nSPS) is 9.90. The van der Waals surface area contributed by atoms with Crippen molar-refractivity contribution in [3.8, 4) is 0 Å². The number of anilines is 1. The molecule has 1 rings (SSSR count). The first-order valence-corrected chi connectivity index (χ1v) is 2.52. The first-order chi connectivity index (χ1) is 4.63. The van der Waals surface area contributed by atoms with E-state index in [2.05, 4.69) is 0 Å². The van der Waals surface area contributed by atoms with Crippen LogP contribution in [0.15, 0.2) is 12.1 Å². The summed E-state index contributed by atoms with van der Waals surface area (Å²) < 4.78 is 36.6. The Labute approximate surface area is 55.3 Å². The maximum absolute atomic E-state index is 12.3. The molecule has 1 nitrogen and oxygen atoms in total. The van der Waals surface area contributed by atoms with Crippen molar-refractivity contribution >= 4 is 5.69 Å². The first kappa shape index (κ1) is 6.92. The summed E-state index contributed by atoms with van der Waals surface area (Å²) in [5.74, 6) is -3.42. The van der Waals surface area contributed by atoms with Gasteiger partial charge in [-0.25, -0.2) is 13.2 Å². The molecule has 0 saturated heterocycles. The smallest absolute Gasteiger partial charge is 0.184 e. The van der Waals surface area contributed by atoms with Gasteiger partial charge in [0.2, 0.25) is 0 Å². The van der Waals surface area contributed by atoms with Gasteiger partial charge in [0.05, 0.1) is 0 Å². The van der Waals surface area contributed by atoms with Gasteiger partial charge < -0.3 is 5.73 Å². The van der Waals surface area contributed by atoms with E-state index in [1.807, 2.05) is 0 Å². The van der Waals surface area contributed by atoms with E-state index in [0.29, 0.717) is 6.07 Å². The summed E-state index contributed by atoms with van der Waals surface area (Å²) >= 11 is 0. The SMILES string of the molecule is Nc1c(F)ccc(F)c1F. The summed E-state index contributed by atoms with van der Waals surface area (Å²) in [7, 11) is 0. The number of nitrogen functional groups attached to an aromatic ring is 1. The third kappa shape index (κ3) is 0.920. The minimum Gasteiger partial charge on any atom is -0.394 e. The van der Waals surface area contributed by atoms with E-state index in [-0.39, 0.29) is 0 Å². The van der Waals surface area contributed by atoms with Crippen LogP contribution in [0.4, 0.5) is 18.9 Å². The van der Waals surface area contributed by atoms with Gasteiger partial charge in [0.15, 0.2) is 11.6 Å². The highest BCUT2D eigenvalue weighted by Gasteiger charge is 2.08. The third-order valence-corrected chi connectivity index (χ3v) is 1.08. The van der Waals surface area contributed by atoms with Crippen LogP contribution in [-0.2, 0) is 0 Å². The van der Waals surface area contributed by atoms with Crippen LogP contribution in [-0.4, -0.2) is 0 Å². The van der Waals surface area contributed by atoms with Crippen LogP contribution in [0.3, 0.4) is 0 Å². The number of hydrogen-bond donors (Lipinski definition) is 1. The molecular weight excluding hydrogens is 143 g/mol. The highest BCUT2D eigenvalue weighted by molar-refractivity contribution is 5.41. The topological polar surface area (TPSA) is 26.0 Å². The second-order valence-electron chi connectivity index (χ2n) is 1.76. The highest BCUT2D eigenvalue weighted by Crippen LogP contribution is 2.16. The van der Waals surface area contributed by atoms with Crippen LogP contribution in [0, 0.1) is 17.5 Å². The average Bonchev–Trinajstić information content (AvgIpc) is 1.93. The summed E-state index contributed by atoms with van der Waals surface area (Å²) in [6.45, 7) is 0. The number of hydrogen-bond acceptors (Lipinski definition) is 1. The van der Waals surface area contributed by atoms with Crippen molar-refractivity contribution in [1.29, 1.82) is 0 Å². The molecule has 0 atom stereocenters. The van der Waals surface area contributed by atoms with E-state index in [9.17, 15) is 13.2 Å². The summed E-state index contributed by atoms with van der Waals surface area (Å²) in [5.41, 5.74) is 4.01. The summed E-state index contributed by atoms with van der Waals surface area (Å²) in [6, 6.07) is 1.45. The predicted molar refractivity (Wildman–Crippen MR) is 30.7 cm³/mol. The Morgan fingerprint density at radius 3 is 2.00 bits per heavy atom. The van der Waals surface area contributed by atoms with Crippen molar-refractivity contribution in [2.45, 2.75) is 0 Å². The Morgan fingerprint density at radius 2 is 1.50 bits per heavy atom. The zero-order valence-corrected chi connectivity index (χ0v) is 4.87. The molecule has 2 N–H and O–H groups in total. The zero-order chi connectivity index (χ0) is 7.72. The molecule has 10 heavy (non-hydrogen) atoms.